The van der Waals surface area contributed by atoms with E-state index < -0.39 is 29.2 Å². The minimum atomic E-state index is -2.88. The van der Waals surface area contributed by atoms with Crippen molar-refractivity contribution in [1.82, 2.24) is 4.98 Å². The molecule has 0 bridgehead atoms. The van der Waals surface area contributed by atoms with Gasteiger partial charge in [0.25, 0.3) is 6.43 Å². The molecule has 78 valence electrons. The third-order valence-corrected chi connectivity index (χ3v) is 2.17. The average molecular weight is 277 g/mol. The lowest BCUT2D eigenvalue weighted by atomic mass is 10.1. The lowest BCUT2D eigenvalue weighted by molar-refractivity contribution is 0.0689. The number of nitriles is 1. The van der Waals surface area contributed by atoms with E-state index in [1.807, 2.05) is 0 Å². The third kappa shape index (κ3) is 2.27. The minimum absolute atomic E-state index is 0.325. The summed E-state index contributed by atoms with van der Waals surface area (Å²) < 4.78 is 24.6. The number of pyridine rings is 1. The second-order valence-corrected chi connectivity index (χ2v) is 3.23. The van der Waals surface area contributed by atoms with Gasteiger partial charge < -0.3 is 5.11 Å². The number of aromatic carboxylic acids is 1. The van der Waals surface area contributed by atoms with Crippen molar-refractivity contribution in [3.63, 3.8) is 0 Å². The largest absolute Gasteiger partial charge is 0.477 e. The second kappa shape index (κ2) is 4.31. The van der Waals surface area contributed by atoms with Crippen LogP contribution in [0.1, 0.15) is 28.0 Å². The third-order valence-electron chi connectivity index (χ3n) is 1.57. The quantitative estimate of drug-likeness (QED) is 0.842. The van der Waals surface area contributed by atoms with E-state index in [9.17, 15) is 13.6 Å². The predicted octanol–water partition coefficient (Wildman–Crippen LogP) is 2.35. The van der Waals surface area contributed by atoms with Gasteiger partial charge in [-0.3, -0.25) is 0 Å². The molecule has 0 aliphatic rings. The monoisotopic (exact) mass is 276 g/mol. The predicted molar refractivity (Wildman–Crippen MR) is 48.6 cm³/mol. The Labute approximate surface area is 91.3 Å². The smallest absolute Gasteiger partial charge is 0.354 e. The molecular weight excluding hydrogens is 274 g/mol. The second-order valence-electron chi connectivity index (χ2n) is 2.48. The summed E-state index contributed by atoms with van der Waals surface area (Å²) in [6, 6.07) is 2.31. The Kier molecular flexibility index (Phi) is 3.31. The molecule has 1 aromatic rings. The van der Waals surface area contributed by atoms with Crippen LogP contribution in [0.4, 0.5) is 8.78 Å². The van der Waals surface area contributed by atoms with Crippen molar-refractivity contribution in [2.24, 2.45) is 0 Å². The van der Waals surface area contributed by atoms with Crippen LogP contribution in [0.2, 0.25) is 0 Å². The fourth-order valence-corrected chi connectivity index (χ4v) is 1.51. The lowest BCUT2D eigenvalue weighted by Gasteiger charge is -2.05. The highest BCUT2D eigenvalue weighted by Gasteiger charge is 2.21. The molecule has 0 aliphatic heterocycles. The number of carboxylic acid groups (broad SMARTS) is 1. The summed E-state index contributed by atoms with van der Waals surface area (Å²) in [6.07, 6.45) is -2.88. The first-order chi connectivity index (χ1) is 6.97. The van der Waals surface area contributed by atoms with Gasteiger partial charge in [0.2, 0.25) is 0 Å². The van der Waals surface area contributed by atoms with Gasteiger partial charge in [0, 0.05) is 0 Å². The number of nitrogens with zero attached hydrogens (tertiary/aromatic N) is 2. The summed E-state index contributed by atoms with van der Waals surface area (Å²) in [7, 11) is 0. The molecule has 7 heteroatoms. The van der Waals surface area contributed by atoms with Gasteiger partial charge in [-0.05, 0) is 22.0 Å². The van der Waals surface area contributed by atoms with E-state index in [1.54, 1.807) is 0 Å². The van der Waals surface area contributed by atoms with Gasteiger partial charge in [-0.2, -0.15) is 5.26 Å². The molecule has 1 rings (SSSR count). The molecule has 15 heavy (non-hydrogen) atoms. The summed E-state index contributed by atoms with van der Waals surface area (Å²) in [6.45, 7) is 0. The van der Waals surface area contributed by atoms with E-state index in [1.165, 1.54) is 6.07 Å². The SMILES string of the molecule is N#Cc1cc(C(=O)O)nc(Br)c1C(F)F. The van der Waals surface area contributed by atoms with Gasteiger partial charge in [-0.15, -0.1) is 0 Å². The molecule has 0 radical (unpaired) electrons. The van der Waals surface area contributed by atoms with Crippen LogP contribution in [0.25, 0.3) is 0 Å². The summed E-state index contributed by atoms with van der Waals surface area (Å²) in [5, 5.41) is 17.2. The molecular formula is C8H3BrF2N2O2. The number of rotatable bonds is 2. The van der Waals surface area contributed by atoms with Gasteiger partial charge in [-0.25, -0.2) is 18.6 Å². The number of carbonyl (C=O) groups is 1. The Morgan fingerprint density at radius 2 is 2.27 bits per heavy atom. The van der Waals surface area contributed by atoms with Crippen LogP contribution in [0.5, 0.6) is 0 Å². The van der Waals surface area contributed by atoms with Crippen LogP contribution >= 0.6 is 15.9 Å². The Morgan fingerprint density at radius 3 is 2.67 bits per heavy atom. The van der Waals surface area contributed by atoms with E-state index in [0.717, 1.165) is 6.07 Å². The number of aromatic nitrogens is 1. The molecule has 0 aliphatic carbocycles. The molecule has 0 unspecified atom stereocenters. The normalized spacial score (nSPS) is 10.1. The van der Waals surface area contributed by atoms with Crippen molar-refractivity contribution in [2.45, 2.75) is 6.43 Å². The Morgan fingerprint density at radius 1 is 1.67 bits per heavy atom. The van der Waals surface area contributed by atoms with Crippen LogP contribution in [0.15, 0.2) is 10.7 Å². The van der Waals surface area contributed by atoms with Crippen LogP contribution < -0.4 is 0 Å². The Hall–Kier alpha value is -1.55. The van der Waals surface area contributed by atoms with E-state index in [2.05, 4.69) is 20.9 Å². The fourth-order valence-electron chi connectivity index (χ4n) is 0.933. The maximum absolute atomic E-state index is 12.4. The van der Waals surface area contributed by atoms with Crippen LogP contribution in [-0.2, 0) is 0 Å². The molecule has 0 aromatic carbocycles. The fraction of sp³-hybridized carbons (Fsp3) is 0.125. The molecule has 0 spiro atoms. The first-order valence-electron chi connectivity index (χ1n) is 3.59. The topological polar surface area (TPSA) is 74.0 Å². The van der Waals surface area contributed by atoms with Crippen molar-refractivity contribution in [3.05, 3.63) is 27.5 Å². The van der Waals surface area contributed by atoms with Gasteiger partial charge in [0.15, 0.2) is 5.69 Å². The summed E-state index contributed by atoms with van der Waals surface area (Å²) in [5.74, 6) is -1.38. The molecule has 4 nitrogen and oxygen atoms in total. The maximum Gasteiger partial charge on any atom is 0.354 e. The number of hydrogen-bond donors (Lipinski definition) is 1. The number of hydrogen-bond acceptors (Lipinski definition) is 3. The molecule has 1 heterocycles. The van der Waals surface area contributed by atoms with Crippen LogP contribution in [0, 0.1) is 11.3 Å². The van der Waals surface area contributed by atoms with Crippen molar-refractivity contribution in [3.8, 4) is 6.07 Å². The molecule has 1 aromatic heterocycles. The van der Waals surface area contributed by atoms with E-state index >= 15 is 0 Å². The summed E-state index contributed by atoms with van der Waals surface area (Å²) in [4.78, 5) is 13.9. The number of halogens is 3. The zero-order chi connectivity index (χ0) is 11.6. The van der Waals surface area contributed by atoms with Gasteiger partial charge in [0.05, 0.1) is 17.2 Å². The first kappa shape index (κ1) is 11.5. The van der Waals surface area contributed by atoms with E-state index in [0.29, 0.717) is 0 Å². The molecule has 0 amide bonds. The van der Waals surface area contributed by atoms with Crippen LogP contribution in [-0.4, -0.2) is 16.1 Å². The van der Waals surface area contributed by atoms with Gasteiger partial charge in [-0.1, -0.05) is 0 Å². The highest BCUT2D eigenvalue weighted by atomic mass is 79.9. The zero-order valence-electron chi connectivity index (χ0n) is 7.04. The van der Waals surface area contributed by atoms with E-state index in [4.69, 9.17) is 10.4 Å². The van der Waals surface area contributed by atoms with Crippen molar-refractivity contribution in [1.29, 1.82) is 5.26 Å². The number of alkyl halides is 2. The van der Waals surface area contributed by atoms with E-state index in [-0.39, 0.29) is 4.60 Å². The molecule has 0 fully saturated rings. The summed E-state index contributed by atoms with van der Waals surface area (Å²) in [5.41, 5.74) is -1.45. The van der Waals surface area contributed by atoms with Crippen molar-refractivity contribution in [2.75, 3.05) is 0 Å². The highest BCUT2D eigenvalue weighted by molar-refractivity contribution is 9.10. The first-order valence-corrected chi connectivity index (χ1v) is 4.38. The van der Waals surface area contributed by atoms with Crippen LogP contribution in [0.3, 0.4) is 0 Å². The molecule has 0 saturated heterocycles. The minimum Gasteiger partial charge on any atom is -0.477 e. The average Bonchev–Trinajstić information content (AvgIpc) is 2.15. The zero-order valence-corrected chi connectivity index (χ0v) is 8.62. The maximum atomic E-state index is 12.4. The van der Waals surface area contributed by atoms with Gasteiger partial charge >= 0.3 is 5.97 Å². The molecule has 0 atom stereocenters. The molecule has 0 saturated carbocycles. The lowest BCUT2D eigenvalue weighted by Crippen LogP contribution is -2.05. The van der Waals surface area contributed by atoms with Crippen molar-refractivity contribution >= 4 is 21.9 Å². The number of carboxylic acids is 1. The van der Waals surface area contributed by atoms with Crippen molar-refractivity contribution < 1.29 is 18.7 Å². The summed E-state index contributed by atoms with van der Waals surface area (Å²) >= 11 is 2.70. The Balaban J connectivity index is 3.46. The molecule has 1 N–H and O–H groups in total. The highest BCUT2D eigenvalue weighted by Crippen LogP contribution is 2.29. The standard InChI is InChI=1S/C8H3BrF2N2O2/c9-6-5(7(10)11)3(2-12)1-4(13-6)8(14)15/h1,7H,(H,14,15). The van der Waals surface area contributed by atoms with Gasteiger partial charge in [0.1, 0.15) is 4.60 Å². The Bertz CT molecular complexity index is 457.